The van der Waals surface area contributed by atoms with Crippen LogP contribution in [0.15, 0.2) is 0 Å². The van der Waals surface area contributed by atoms with Crippen molar-refractivity contribution in [3.63, 3.8) is 0 Å². The lowest BCUT2D eigenvalue weighted by Crippen LogP contribution is -2.55. The second-order valence-electron chi connectivity index (χ2n) is 6.79. The molecular formula is C20H30O11. The fraction of sp³-hybridized carbons (Fsp3) is 0.700. The smallest absolute Gasteiger partial charge is 0.303 e. The zero-order chi connectivity index (χ0) is 24.1. The Morgan fingerprint density at radius 3 is 1.71 bits per heavy atom. The van der Waals surface area contributed by atoms with Gasteiger partial charge in [0.25, 0.3) is 0 Å². The standard InChI is InChI=1S/C20H30O11/c1-6-7-8-9-15(25)17(27)19(30-13(4)23)20(31-14(5)24)18(29-12(3)22)16(26)10-28-11(2)21/h16,18-20,26H,6-10H2,1-5H3/t16-,18-,19+,20+/m1/s1. The number of ketones is 2. The van der Waals surface area contributed by atoms with Gasteiger partial charge in [0.05, 0.1) is 0 Å². The van der Waals surface area contributed by atoms with Gasteiger partial charge in [-0.1, -0.05) is 19.8 Å². The van der Waals surface area contributed by atoms with Crippen LogP contribution >= 0.6 is 0 Å². The van der Waals surface area contributed by atoms with E-state index in [-0.39, 0.29) is 6.42 Å². The second kappa shape index (κ2) is 14.2. The number of carbonyl (C=O) groups is 6. The topological polar surface area (TPSA) is 160 Å². The molecule has 31 heavy (non-hydrogen) atoms. The van der Waals surface area contributed by atoms with Crippen LogP contribution in [0.2, 0.25) is 0 Å². The van der Waals surface area contributed by atoms with Gasteiger partial charge in [-0.05, 0) is 6.42 Å². The minimum Gasteiger partial charge on any atom is -0.463 e. The molecule has 0 heterocycles. The quantitative estimate of drug-likeness (QED) is 0.170. The maximum absolute atomic E-state index is 12.7. The molecule has 0 bridgehead atoms. The van der Waals surface area contributed by atoms with Gasteiger partial charge in [-0.25, -0.2) is 0 Å². The lowest BCUT2D eigenvalue weighted by atomic mass is 9.95. The van der Waals surface area contributed by atoms with E-state index in [1.54, 1.807) is 0 Å². The molecule has 0 aromatic rings. The van der Waals surface area contributed by atoms with Crippen molar-refractivity contribution in [1.29, 1.82) is 0 Å². The molecule has 0 fully saturated rings. The van der Waals surface area contributed by atoms with Crippen LogP contribution in [0.5, 0.6) is 0 Å². The number of hydrogen-bond acceptors (Lipinski definition) is 11. The largest absolute Gasteiger partial charge is 0.463 e. The van der Waals surface area contributed by atoms with Gasteiger partial charge in [-0.15, -0.1) is 0 Å². The molecule has 0 unspecified atom stereocenters. The number of ether oxygens (including phenoxy) is 4. The number of aliphatic hydroxyl groups is 1. The van der Waals surface area contributed by atoms with Crippen LogP contribution in [-0.4, -0.2) is 71.6 Å². The van der Waals surface area contributed by atoms with Crippen LogP contribution in [0.4, 0.5) is 0 Å². The van der Waals surface area contributed by atoms with Crippen molar-refractivity contribution in [2.75, 3.05) is 6.61 Å². The summed E-state index contributed by atoms with van der Waals surface area (Å²) in [5, 5.41) is 10.4. The highest BCUT2D eigenvalue weighted by Crippen LogP contribution is 2.20. The summed E-state index contributed by atoms with van der Waals surface area (Å²) in [4.78, 5) is 71.0. The summed E-state index contributed by atoms with van der Waals surface area (Å²) in [6.45, 7) is 5.19. The van der Waals surface area contributed by atoms with Crippen molar-refractivity contribution in [3.8, 4) is 0 Å². The van der Waals surface area contributed by atoms with Gasteiger partial charge in [0.2, 0.25) is 17.7 Å². The Balaban J connectivity index is 6.06. The van der Waals surface area contributed by atoms with Crippen LogP contribution in [0.1, 0.15) is 60.3 Å². The van der Waals surface area contributed by atoms with Crippen LogP contribution in [0, 0.1) is 0 Å². The van der Waals surface area contributed by atoms with Gasteiger partial charge in [-0.2, -0.15) is 0 Å². The first-order chi connectivity index (χ1) is 14.4. The Bertz CT molecular complexity index is 670. The molecule has 4 atom stereocenters. The molecule has 0 saturated carbocycles. The van der Waals surface area contributed by atoms with E-state index in [0.29, 0.717) is 12.8 Å². The summed E-state index contributed by atoms with van der Waals surface area (Å²) in [7, 11) is 0. The molecule has 0 aliphatic rings. The highest BCUT2D eigenvalue weighted by Gasteiger charge is 2.46. The van der Waals surface area contributed by atoms with E-state index in [1.807, 2.05) is 6.92 Å². The van der Waals surface area contributed by atoms with E-state index >= 15 is 0 Å². The average Bonchev–Trinajstić information content (AvgIpc) is 2.66. The van der Waals surface area contributed by atoms with Crippen molar-refractivity contribution >= 4 is 35.4 Å². The van der Waals surface area contributed by atoms with Crippen LogP contribution in [0.3, 0.4) is 0 Å². The van der Waals surface area contributed by atoms with Crippen molar-refractivity contribution < 1.29 is 52.8 Å². The summed E-state index contributed by atoms with van der Waals surface area (Å²) in [5.41, 5.74) is 0. The van der Waals surface area contributed by atoms with E-state index in [2.05, 4.69) is 4.74 Å². The normalized spacial score (nSPS) is 14.4. The van der Waals surface area contributed by atoms with E-state index < -0.39 is 66.5 Å². The third kappa shape index (κ3) is 11.2. The van der Waals surface area contributed by atoms with E-state index in [9.17, 15) is 33.9 Å². The molecule has 0 amide bonds. The number of Topliss-reactive ketones (excluding diaryl/α,β-unsaturated/α-hetero) is 2. The van der Waals surface area contributed by atoms with Gasteiger partial charge in [0, 0.05) is 34.1 Å². The first-order valence-electron chi connectivity index (χ1n) is 9.80. The monoisotopic (exact) mass is 446 g/mol. The molecule has 0 aromatic carbocycles. The summed E-state index contributed by atoms with van der Waals surface area (Å²) in [5.74, 6) is -5.71. The van der Waals surface area contributed by atoms with Gasteiger partial charge in [0.15, 0.2) is 12.2 Å². The summed E-state index contributed by atoms with van der Waals surface area (Å²) < 4.78 is 19.6. The highest BCUT2D eigenvalue weighted by molar-refractivity contribution is 6.39. The lowest BCUT2D eigenvalue weighted by Gasteiger charge is -2.33. The third-order valence-electron chi connectivity index (χ3n) is 3.90. The van der Waals surface area contributed by atoms with Gasteiger partial charge >= 0.3 is 23.9 Å². The van der Waals surface area contributed by atoms with Gasteiger partial charge in [0.1, 0.15) is 12.7 Å². The molecule has 1 N–H and O–H groups in total. The number of esters is 4. The van der Waals surface area contributed by atoms with Crippen LogP contribution < -0.4 is 0 Å². The molecule has 11 nitrogen and oxygen atoms in total. The lowest BCUT2D eigenvalue weighted by molar-refractivity contribution is -0.197. The molecule has 0 radical (unpaired) electrons. The highest BCUT2D eigenvalue weighted by atomic mass is 16.6. The number of hydrogen-bond donors (Lipinski definition) is 1. The Labute approximate surface area is 180 Å². The SMILES string of the molecule is CCCCCC(=O)C(=O)[C@H](OC(C)=O)[C@@H](OC(C)=O)[C@H](OC(C)=O)[C@H](O)COC(C)=O. The molecule has 0 spiro atoms. The second-order valence-corrected chi connectivity index (χ2v) is 6.79. The molecule has 176 valence electrons. The number of aliphatic hydroxyl groups excluding tert-OH is 1. The zero-order valence-corrected chi connectivity index (χ0v) is 18.4. The first kappa shape index (κ1) is 28.2. The number of unbranched alkanes of at least 4 members (excludes halogenated alkanes) is 2. The Kier molecular flexibility index (Phi) is 12.9. The minimum atomic E-state index is -1.98. The molecule has 0 saturated heterocycles. The van der Waals surface area contributed by atoms with Crippen LogP contribution in [0.25, 0.3) is 0 Å². The average molecular weight is 446 g/mol. The Morgan fingerprint density at radius 1 is 0.742 bits per heavy atom. The Morgan fingerprint density at radius 2 is 1.26 bits per heavy atom. The molecule has 11 heteroatoms. The van der Waals surface area contributed by atoms with Crippen molar-refractivity contribution in [2.24, 2.45) is 0 Å². The molecular weight excluding hydrogens is 416 g/mol. The van der Waals surface area contributed by atoms with Gasteiger partial charge < -0.3 is 24.1 Å². The molecule has 0 aliphatic heterocycles. The predicted molar refractivity (Wildman–Crippen MR) is 103 cm³/mol. The maximum atomic E-state index is 12.7. The van der Waals surface area contributed by atoms with Crippen molar-refractivity contribution in [2.45, 2.75) is 84.7 Å². The zero-order valence-electron chi connectivity index (χ0n) is 18.4. The van der Waals surface area contributed by atoms with E-state index in [0.717, 1.165) is 34.1 Å². The predicted octanol–water partition coefficient (Wildman–Crippen LogP) is 0.424. The van der Waals surface area contributed by atoms with Crippen LogP contribution in [-0.2, 0) is 47.7 Å². The van der Waals surface area contributed by atoms with Crippen molar-refractivity contribution in [1.82, 2.24) is 0 Å². The Hall–Kier alpha value is -2.82. The van der Waals surface area contributed by atoms with E-state index in [1.165, 1.54) is 0 Å². The summed E-state index contributed by atoms with van der Waals surface area (Å²) >= 11 is 0. The number of rotatable bonds is 14. The molecule has 0 aliphatic carbocycles. The van der Waals surface area contributed by atoms with Crippen molar-refractivity contribution in [3.05, 3.63) is 0 Å². The fourth-order valence-electron chi connectivity index (χ4n) is 2.61. The third-order valence-corrected chi connectivity index (χ3v) is 3.90. The minimum absolute atomic E-state index is 0.133. The molecule has 0 rings (SSSR count). The molecule has 0 aromatic heterocycles. The maximum Gasteiger partial charge on any atom is 0.303 e. The summed E-state index contributed by atoms with van der Waals surface area (Å²) in [6, 6.07) is 0. The first-order valence-corrected chi connectivity index (χ1v) is 9.80. The number of carbonyl (C=O) groups excluding carboxylic acids is 6. The van der Waals surface area contributed by atoms with Gasteiger partial charge in [-0.3, -0.25) is 28.8 Å². The van der Waals surface area contributed by atoms with E-state index in [4.69, 9.17) is 14.2 Å². The fourth-order valence-corrected chi connectivity index (χ4v) is 2.61. The summed E-state index contributed by atoms with van der Waals surface area (Å²) in [6.07, 6.45) is -5.63.